The molecule has 126 valence electrons. The minimum atomic E-state index is -0.319. The third kappa shape index (κ3) is 3.57. The number of hydrogen-bond donors (Lipinski definition) is 2. The van der Waals surface area contributed by atoms with Crippen LogP contribution in [0.25, 0.3) is 11.4 Å². The predicted octanol–water partition coefficient (Wildman–Crippen LogP) is 4.41. The Balaban J connectivity index is 1.49. The lowest BCUT2D eigenvalue weighted by Gasteiger charge is -2.07. The molecule has 0 saturated heterocycles. The van der Waals surface area contributed by atoms with E-state index in [9.17, 15) is 4.79 Å². The molecule has 2 N–H and O–H groups in total. The average molecular weight is 419 g/mol. The molecular weight excluding hydrogens is 406 g/mol. The smallest absolute Gasteiger partial charge is 0.258 e. The van der Waals surface area contributed by atoms with E-state index in [0.717, 1.165) is 11.4 Å². The number of carbonyl (C=O) groups is 1. The summed E-state index contributed by atoms with van der Waals surface area (Å²) < 4.78 is 0.688. The van der Waals surface area contributed by atoms with E-state index in [1.807, 2.05) is 12.1 Å². The average Bonchev–Trinajstić information content (AvgIpc) is 3.35. The van der Waals surface area contributed by atoms with Crippen LogP contribution < -0.4 is 5.32 Å². The summed E-state index contributed by atoms with van der Waals surface area (Å²) >= 11 is 9.27. The largest absolute Gasteiger partial charge is 0.322 e. The van der Waals surface area contributed by atoms with Gasteiger partial charge in [0.2, 0.25) is 0 Å². The maximum atomic E-state index is 12.3. The first-order valence-corrected chi connectivity index (χ1v) is 8.92. The summed E-state index contributed by atoms with van der Waals surface area (Å²) in [4.78, 5) is 20.8. The number of H-pyrrole nitrogens is 1. The van der Waals surface area contributed by atoms with E-state index in [0.29, 0.717) is 27.5 Å². The van der Waals surface area contributed by atoms with E-state index in [2.05, 4.69) is 41.4 Å². The van der Waals surface area contributed by atoms with Gasteiger partial charge in [0.15, 0.2) is 5.82 Å². The van der Waals surface area contributed by atoms with Crippen molar-refractivity contribution in [1.82, 2.24) is 20.2 Å². The van der Waals surface area contributed by atoms with Gasteiger partial charge in [-0.15, -0.1) is 0 Å². The molecule has 1 fully saturated rings. The zero-order chi connectivity index (χ0) is 17.4. The van der Waals surface area contributed by atoms with E-state index in [1.54, 1.807) is 24.4 Å². The predicted molar refractivity (Wildman–Crippen MR) is 98.7 cm³/mol. The van der Waals surface area contributed by atoms with Gasteiger partial charge in [-0.05, 0) is 59.1 Å². The Morgan fingerprint density at radius 3 is 2.76 bits per heavy atom. The maximum Gasteiger partial charge on any atom is 0.258 e. The van der Waals surface area contributed by atoms with Crippen LogP contribution in [0, 0.1) is 0 Å². The van der Waals surface area contributed by atoms with Crippen molar-refractivity contribution in [2.24, 2.45) is 0 Å². The third-order valence-electron chi connectivity index (χ3n) is 3.92. The minimum absolute atomic E-state index is 0.158. The second-order valence-corrected chi connectivity index (χ2v) is 7.12. The molecule has 1 aliphatic rings. The first-order valence-electron chi connectivity index (χ1n) is 7.75. The van der Waals surface area contributed by atoms with Gasteiger partial charge in [0.1, 0.15) is 11.0 Å². The van der Waals surface area contributed by atoms with Crippen molar-refractivity contribution < 1.29 is 4.79 Å². The summed E-state index contributed by atoms with van der Waals surface area (Å²) in [5.74, 6) is 1.83. The fourth-order valence-corrected chi connectivity index (χ4v) is 2.95. The van der Waals surface area contributed by atoms with Crippen LogP contribution >= 0.6 is 27.5 Å². The van der Waals surface area contributed by atoms with Crippen molar-refractivity contribution in [3.05, 3.63) is 57.5 Å². The Morgan fingerprint density at radius 2 is 2.04 bits per heavy atom. The number of aromatic amines is 1. The molecule has 3 aromatic rings. The lowest BCUT2D eigenvalue weighted by molar-refractivity contribution is 0.102. The Labute approximate surface area is 157 Å². The molecule has 1 aromatic carbocycles. The minimum Gasteiger partial charge on any atom is -0.322 e. The summed E-state index contributed by atoms with van der Waals surface area (Å²) in [6.07, 6.45) is 3.89. The first kappa shape index (κ1) is 16.2. The van der Waals surface area contributed by atoms with Gasteiger partial charge >= 0.3 is 0 Å². The summed E-state index contributed by atoms with van der Waals surface area (Å²) in [6, 6.07) is 8.98. The molecule has 0 radical (unpaired) electrons. The van der Waals surface area contributed by atoms with Crippen LogP contribution in [0.5, 0.6) is 0 Å². The summed E-state index contributed by atoms with van der Waals surface area (Å²) in [5, 5.41) is 10.2. The molecule has 0 atom stereocenters. The summed E-state index contributed by atoms with van der Waals surface area (Å²) in [7, 11) is 0. The number of rotatable bonds is 4. The van der Waals surface area contributed by atoms with Crippen LogP contribution in [0.4, 0.5) is 5.69 Å². The highest BCUT2D eigenvalue weighted by Crippen LogP contribution is 2.38. The molecule has 1 amide bonds. The number of pyridine rings is 1. The number of carbonyl (C=O) groups excluding carboxylic acids is 1. The van der Waals surface area contributed by atoms with Gasteiger partial charge < -0.3 is 5.32 Å². The molecule has 0 aliphatic heterocycles. The molecule has 1 aliphatic carbocycles. The number of anilines is 1. The Hall–Kier alpha value is -2.25. The normalized spacial score (nSPS) is 13.7. The van der Waals surface area contributed by atoms with Crippen LogP contribution in [0.3, 0.4) is 0 Å². The van der Waals surface area contributed by atoms with Crippen molar-refractivity contribution in [1.29, 1.82) is 0 Å². The molecular formula is C17H13BrClN5O. The lowest BCUT2D eigenvalue weighted by atomic mass is 10.2. The molecule has 6 nitrogen and oxygen atoms in total. The highest BCUT2D eigenvalue weighted by Gasteiger charge is 2.27. The lowest BCUT2D eigenvalue weighted by Crippen LogP contribution is -2.13. The second kappa shape index (κ2) is 6.57. The van der Waals surface area contributed by atoms with Crippen LogP contribution in [0.2, 0.25) is 5.15 Å². The number of nitrogens with one attached hydrogen (secondary N) is 2. The zero-order valence-electron chi connectivity index (χ0n) is 13.0. The van der Waals surface area contributed by atoms with Crippen molar-refractivity contribution in [2.75, 3.05) is 5.32 Å². The number of amides is 1. The topological polar surface area (TPSA) is 83.6 Å². The quantitative estimate of drug-likeness (QED) is 0.615. The van der Waals surface area contributed by atoms with Gasteiger partial charge in [-0.1, -0.05) is 11.6 Å². The highest BCUT2D eigenvalue weighted by molar-refractivity contribution is 9.10. The molecule has 4 rings (SSSR count). The molecule has 1 saturated carbocycles. The van der Waals surface area contributed by atoms with E-state index in [1.165, 1.54) is 12.8 Å². The molecule has 2 aromatic heterocycles. The Bertz CT molecular complexity index is 936. The molecule has 8 heteroatoms. The summed E-state index contributed by atoms with van der Waals surface area (Å²) in [6.45, 7) is 0. The molecule has 0 spiro atoms. The van der Waals surface area contributed by atoms with Gasteiger partial charge in [0.05, 0.1) is 5.56 Å². The SMILES string of the molecule is O=C(Nc1ccc(-c2n[nH]c(C3CC3)n2)cc1)c1cc(Br)cnc1Cl. The number of aromatic nitrogens is 4. The van der Waals surface area contributed by atoms with Crippen LogP contribution in [-0.2, 0) is 0 Å². The number of halogens is 2. The van der Waals surface area contributed by atoms with E-state index < -0.39 is 0 Å². The maximum absolute atomic E-state index is 12.3. The first-order chi connectivity index (χ1) is 12.1. The molecule has 25 heavy (non-hydrogen) atoms. The summed E-state index contributed by atoms with van der Waals surface area (Å²) in [5.41, 5.74) is 1.86. The number of nitrogens with zero attached hydrogens (tertiary/aromatic N) is 3. The molecule has 2 heterocycles. The Morgan fingerprint density at radius 1 is 1.28 bits per heavy atom. The van der Waals surface area contributed by atoms with E-state index in [4.69, 9.17) is 11.6 Å². The van der Waals surface area contributed by atoms with Crippen LogP contribution in [0.1, 0.15) is 34.9 Å². The monoisotopic (exact) mass is 417 g/mol. The van der Waals surface area contributed by atoms with Gasteiger partial charge in [0, 0.05) is 27.8 Å². The van der Waals surface area contributed by atoms with Crippen LogP contribution in [-0.4, -0.2) is 26.1 Å². The third-order valence-corrected chi connectivity index (χ3v) is 4.65. The van der Waals surface area contributed by atoms with Gasteiger partial charge in [0.25, 0.3) is 5.91 Å². The number of benzene rings is 1. The number of hydrogen-bond acceptors (Lipinski definition) is 4. The fourth-order valence-electron chi connectivity index (χ4n) is 2.43. The molecule has 0 unspecified atom stereocenters. The second-order valence-electron chi connectivity index (χ2n) is 5.84. The standard InChI is InChI=1S/C17H13BrClN5O/c18-11-7-13(14(19)20-8-11)17(25)21-12-5-3-10(4-6-12)16-22-15(23-24-16)9-1-2-9/h3-9H,1-2H2,(H,21,25)(H,22,23,24). The van der Waals surface area contributed by atoms with Gasteiger partial charge in [-0.25, -0.2) is 9.97 Å². The molecule has 0 bridgehead atoms. The van der Waals surface area contributed by atoms with Gasteiger partial charge in [-0.3, -0.25) is 9.89 Å². The van der Waals surface area contributed by atoms with Gasteiger partial charge in [-0.2, -0.15) is 5.10 Å². The van der Waals surface area contributed by atoms with Crippen molar-refractivity contribution in [3.8, 4) is 11.4 Å². The zero-order valence-corrected chi connectivity index (χ0v) is 15.3. The highest BCUT2D eigenvalue weighted by atomic mass is 79.9. The Kier molecular flexibility index (Phi) is 4.27. The van der Waals surface area contributed by atoms with Crippen molar-refractivity contribution in [3.63, 3.8) is 0 Å². The van der Waals surface area contributed by atoms with E-state index in [-0.39, 0.29) is 11.1 Å². The van der Waals surface area contributed by atoms with Crippen molar-refractivity contribution >= 4 is 39.1 Å². The van der Waals surface area contributed by atoms with Crippen molar-refractivity contribution in [2.45, 2.75) is 18.8 Å². The van der Waals surface area contributed by atoms with E-state index >= 15 is 0 Å². The fraction of sp³-hybridized carbons (Fsp3) is 0.176. The van der Waals surface area contributed by atoms with Crippen LogP contribution in [0.15, 0.2) is 41.0 Å².